The number of nitrogens with zero attached hydrogens (tertiary/aromatic N) is 2. The molecule has 0 fully saturated rings. The molecular formula is C7H8N4O. The number of aromatic nitrogens is 2. The summed E-state index contributed by atoms with van der Waals surface area (Å²) in [5.41, 5.74) is 0.968. The van der Waals surface area contributed by atoms with Gasteiger partial charge in [-0.3, -0.25) is 15.1 Å². The van der Waals surface area contributed by atoms with Gasteiger partial charge in [0.05, 0.1) is 0 Å². The van der Waals surface area contributed by atoms with E-state index < -0.39 is 0 Å². The molecule has 1 aromatic heterocycles. The third-order valence-electron chi connectivity index (χ3n) is 1.57. The van der Waals surface area contributed by atoms with Crippen molar-refractivity contribution in [2.75, 3.05) is 5.32 Å². The van der Waals surface area contributed by atoms with Crippen molar-refractivity contribution < 1.29 is 0 Å². The first-order valence-corrected chi connectivity index (χ1v) is 3.37. The monoisotopic (exact) mass is 164 g/mol. The van der Waals surface area contributed by atoms with E-state index in [0.29, 0.717) is 11.3 Å². The number of hydrogen-bond donors (Lipinski definition) is 2. The number of nitriles is 1. The van der Waals surface area contributed by atoms with Gasteiger partial charge in [0.2, 0.25) is 5.95 Å². The second-order valence-corrected chi connectivity index (χ2v) is 2.36. The van der Waals surface area contributed by atoms with E-state index in [0.717, 1.165) is 0 Å². The van der Waals surface area contributed by atoms with Crippen LogP contribution < -0.4 is 10.9 Å². The van der Waals surface area contributed by atoms with Gasteiger partial charge in [-0.25, -0.2) is 4.98 Å². The maximum absolute atomic E-state index is 11.1. The molecule has 5 heteroatoms. The minimum atomic E-state index is -0.222. The smallest absolute Gasteiger partial charge is 0.255 e. The van der Waals surface area contributed by atoms with Gasteiger partial charge in [-0.2, -0.15) is 5.26 Å². The zero-order valence-electron chi connectivity index (χ0n) is 6.80. The quantitative estimate of drug-likeness (QED) is 0.461. The normalized spacial score (nSPS) is 9.08. The molecule has 0 aliphatic rings. The zero-order chi connectivity index (χ0) is 9.14. The number of aryl methyl sites for hydroxylation is 1. The molecule has 62 valence electrons. The minimum Gasteiger partial charge on any atom is -0.292 e. The molecule has 0 amide bonds. The van der Waals surface area contributed by atoms with Crippen LogP contribution in [0.2, 0.25) is 0 Å². The molecule has 0 saturated carbocycles. The van der Waals surface area contributed by atoms with Crippen molar-refractivity contribution in [3.63, 3.8) is 0 Å². The van der Waals surface area contributed by atoms with Crippen molar-refractivity contribution in [3.8, 4) is 6.19 Å². The highest BCUT2D eigenvalue weighted by Crippen LogP contribution is 1.99. The van der Waals surface area contributed by atoms with E-state index in [1.54, 1.807) is 20.0 Å². The molecule has 1 rings (SSSR count). The Balaban J connectivity index is 3.24. The van der Waals surface area contributed by atoms with Gasteiger partial charge in [-0.15, -0.1) is 0 Å². The summed E-state index contributed by atoms with van der Waals surface area (Å²) in [6.45, 7) is 3.39. The number of nitrogens with one attached hydrogen (secondary N) is 2. The van der Waals surface area contributed by atoms with Crippen LogP contribution in [-0.4, -0.2) is 9.97 Å². The fraction of sp³-hybridized carbons (Fsp3) is 0.286. The van der Waals surface area contributed by atoms with E-state index in [1.807, 2.05) is 0 Å². The molecule has 0 saturated heterocycles. The third-order valence-corrected chi connectivity index (χ3v) is 1.57. The Bertz CT molecular complexity index is 387. The standard InChI is InChI=1S/C7H8N4O/c1-4-5(2)10-7(9-3-8)11-6(4)12/h1-2H3,(H2,9,10,11,12). The predicted molar refractivity (Wildman–Crippen MR) is 43.6 cm³/mol. The highest BCUT2D eigenvalue weighted by molar-refractivity contribution is 5.32. The Kier molecular flexibility index (Phi) is 2.10. The lowest BCUT2D eigenvalue weighted by Gasteiger charge is -1.99. The van der Waals surface area contributed by atoms with Crippen LogP contribution in [0.3, 0.4) is 0 Å². The molecule has 0 spiro atoms. The zero-order valence-corrected chi connectivity index (χ0v) is 6.80. The number of rotatable bonds is 1. The van der Waals surface area contributed by atoms with Gasteiger partial charge in [-0.05, 0) is 13.8 Å². The molecule has 0 bridgehead atoms. The SMILES string of the molecule is Cc1nc(NC#N)[nH]c(=O)c1C. The first-order valence-electron chi connectivity index (χ1n) is 3.37. The van der Waals surface area contributed by atoms with Crippen LogP contribution >= 0.6 is 0 Å². The molecule has 2 N–H and O–H groups in total. The molecule has 1 heterocycles. The first kappa shape index (κ1) is 8.27. The molecule has 0 atom stereocenters. The molecular weight excluding hydrogens is 156 g/mol. The number of hydrogen-bond acceptors (Lipinski definition) is 4. The van der Waals surface area contributed by atoms with E-state index >= 15 is 0 Å². The Morgan fingerprint density at radius 1 is 1.58 bits per heavy atom. The maximum Gasteiger partial charge on any atom is 0.255 e. The fourth-order valence-electron chi connectivity index (χ4n) is 0.757. The summed E-state index contributed by atoms with van der Waals surface area (Å²) in [5, 5.41) is 10.5. The summed E-state index contributed by atoms with van der Waals surface area (Å²) in [6.07, 6.45) is 1.68. The summed E-state index contributed by atoms with van der Waals surface area (Å²) in [5.74, 6) is 0.186. The summed E-state index contributed by atoms with van der Waals surface area (Å²) >= 11 is 0. The van der Waals surface area contributed by atoms with E-state index in [4.69, 9.17) is 5.26 Å². The van der Waals surface area contributed by atoms with Gasteiger partial charge in [0, 0.05) is 11.3 Å². The van der Waals surface area contributed by atoms with E-state index in [-0.39, 0.29) is 11.5 Å². The lowest BCUT2D eigenvalue weighted by Crippen LogP contribution is -2.15. The van der Waals surface area contributed by atoms with Crippen LogP contribution in [-0.2, 0) is 0 Å². The fourth-order valence-corrected chi connectivity index (χ4v) is 0.757. The summed E-state index contributed by atoms with van der Waals surface area (Å²) < 4.78 is 0. The second kappa shape index (κ2) is 3.05. The molecule has 0 aromatic carbocycles. The predicted octanol–water partition coefficient (Wildman–Crippen LogP) is 0.280. The van der Waals surface area contributed by atoms with Crippen LogP contribution in [0.15, 0.2) is 4.79 Å². The third kappa shape index (κ3) is 1.42. The van der Waals surface area contributed by atoms with Crippen LogP contribution in [0, 0.1) is 25.3 Å². The number of anilines is 1. The average Bonchev–Trinajstić information content (AvgIpc) is 2.01. The first-order chi connectivity index (χ1) is 5.65. The summed E-state index contributed by atoms with van der Waals surface area (Å²) in [6, 6.07) is 0. The van der Waals surface area contributed by atoms with Gasteiger partial charge >= 0.3 is 0 Å². The van der Waals surface area contributed by atoms with E-state index in [1.165, 1.54) is 0 Å². The van der Waals surface area contributed by atoms with E-state index in [9.17, 15) is 4.79 Å². The van der Waals surface area contributed by atoms with Crippen molar-refractivity contribution in [1.29, 1.82) is 5.26 Å². The second-order valence-electron chi connectivity index (χ2n) is 2.36. The van der Waals surface area contributed by atoms with Crippen LogP contribution in [0.4, 0.5) is 5.95 Å². The highest BCUT2D eigenvalue weighted by Gasteiger charge is 2.01. The number of aromatic amines is 1. The van der Waals surface area contributed by atoms with Gasteiger partial charge in [0.1, 0.15) is 0 Å². The Hall–Kier alpha value is -1.83. The van der Waals surface area contributed by atoms with Crippen molar-refractivity contribution in [2.45, 2.75) is 13.8 Å². The highest BCUT2D eigenvalue weighted by atomic mass is 16.1. The molecule has 0 unspecified atom stereocenters. The molecule has 1 aromatic rings. The summed E-state index contributed by atoms with van der Waals surface area (Å²) in [7, 11) is 0. The van der Waals surface area contributed by atoms with Gasteiger partial charge in [0.15, 0.2) is 6.19 Å². The van der Waals surface area contributed by atoms with Crippen molar-refractivity contribution in [3.05, 3.63) is 21.6 Å². The van der Waals surface area contributed by atoms with Crippen LogP contribution in [0.1, 0.15) is 11.3 Å². The molecule has 0 aliphatic carbocycles. The lowest BCUT2D eigenvalue weighted by molar-refractivity contribution is 1.03. The van der Waals surface area contributed by atoms with Gasteiger partial charge in [-0.1, -0.05) is 0 Å². The Morgan fingerprint density at radius 3 is 2.75 bits per heavy atom. The average molecular weight is 164 g/mol. The maximum atomic E-state index is 11.1. The molecule has 0 radical (unpaired) electrons. The van der Waals surface area contributed by atoms with Crippen molar-refractivity contribution >= 4 is 5.95 Å². The van der Waals surface area contributed by atoms with Crippen LogP contribution in [0.5, 0.6) is 0 Å². The van der Waals surface area contributed by atoms with Gasteiger partial charge in [0.25, 0.3) is 5.56 Å². The molecule has 5 nitrogen and oxygen atoms in total. The summed E-state index contributed by atoms with van der Waals surface area (Å²) in [4.78, 5) is 17.4. The van der Waals surface area contributed by atoms with Crippen molar-refractivity contribution in [1.82, 2.24) is 9.97 Å². The lowest BCUT2D eigenvalue weighted by atomic mass is 10.3. The van der Waals surface area contributed by atoms with Crippen molar-refractivity contribution in [2.24, 2.45) is 0 Å². The molecule has 0 aliphatic heterocycles. The topological polar surface area (TPSA) is 81.6 Å². The van der Waals surface area contributed by atoms with E-state index in [2.05, 4.69) is 15.3 Å². The molecule has 12 heavy (non-hydrogen) atoms. The van der Waals surface area contributed by atoms with Gasteiger partial charge < -0.3 is 0 Å². The Morgan fingerprint density at radius 2 is 2.25 bits per heavy atom. The largest absolute Gasteiger partial charge is 0.292 e. The Labute approximate surface area is 69.1 Å². The van der Waals surface area contributed by atoms with Crippen LogP contribution in [0.25, 0.3) is 0 Å². The number of H-pyrrole nitrogens is 1. The minimum absolute atomic E-state index is 0.186.